The number of ether oxygens (including phenoxy) is 1. The highest BCUT2D eigenvalue weighted by Crippen LogP contribution is 2.37. The first-order valence-corrected chi connectivity index (χ1v) is 7.88. The molecular weight excluding hydrogens is 264 g/mol. The van der Waals surface area contributed by atoms with Crippen molar-refractivity contribution in [1.29, 1.82) is 0 Å². The third-order valence-corrected chi connectivity index (χ3v) is 4.63. The highest BCUT2D eigenvalue weighted by molar-refractivity contribution is 6.19. The largest absolute Gasteiger partial charge is 0.507 e. The number of hydrogen-bond acceptors (Lipinski definition) is 3. The summed E-state index contributed by atoms with van der Waals surface area (Å²) in [4.78, 5) is 12.2. The summed E-state index contributed by atoms with van der Waals surface area (Å²) in [6.45, 7) is 2.00. The van der Waals surface area contributed by atoms with Gasteiger partial charge in [-0.1, -0.05) is 55.5 Å². The Balaban J connectivity index is 1.88. The number of aliphatic hydroxyl groups is 1. The predicted octanol–water partition coefficient (Wildman–Crippen LogP) is 4.16. The number of aliphatic hydroxyl groups excluding tert-OH is 1. The summed E-state index contributed by atoms with van der Waals surface area (Å²) in [5, 5.41) is 10.5. The quantitative estimate of drug-likeness (QED) is 0.656. The molecule has 0 amide bonds. The minimum absolute atomic E-state index is 0.135. The molecule has 112 valence electrons. The van der Waals surface area contributed by atoms with E-state index in [2.05, 4.69) is 0 Å². The van der Waals surface area contributed by atoms with E-state index in [1.54, 1.807) is 0 Å². The Morgan fingerprint density at radius 3 is 2.29 bits per heavy atom. The molecule has 1 fully saturated rings. The van der Waals surface area contributed by atoms with E-state index in [9.17, 15) is 9.90 Å². The van der Waals surface area contributed by atoms with E-state index in [0.29, 0.717) is 5.57 Å². The lowest BCUT2D eigenvalue weighted by Gasteiger charge is -2.20. The summed E-state index contributed by atoms with van der Waals surface area (Å²) in [5.74, 6) is 0.0146. The van der Waals surface area contributed by atoms with Gasteiger partial charge in [-0.15, -0.1) is 0 Å². The van der Waals surface area contributed by atoms with E-state index in [1.165, 1.54) is 12.8 Å². The normalized spacial score (nSPS) is 24.0. The standard InChI is InChI=1S/C18H22O3/c1-12-8-10-13(11-9-12)15-16(19)17(21-18(15)20)14-6-4-2-3-5-7-14/h8-11,14,17,19H,2-7H2,1H3. The third kappa shape index (κ3) is 2.82. The smallest absolute Gasteiger partial charge is 0.343 e. The molecule has 0 aromatic heterocycles. The van der Waals surface area contributed by atoms with Gasteiger partial charge in [-0.3, -0.25) is 0 Å². The van der Waals surface area contributed by atoms with Crippen LogP contribution in [0.2, 0.25) is 0 Å². The first-order valence-electron chi connectivity index (χ1n) is 7.88. The fourth-order valence-electron chi connectivity index (χ4n) is 3.40. The lowest BCUT2D eigenvalue weighted by molar-refractivity contribution is -0.140. The van der Waals surface area contributed by atoms with Crippen LogP contribution in [0.15, 0.2) is 30.0 Å². The van der Waals surface area contributed by atoms with Crippen LogP contribution in [0.1, 0.15) is 49.7 Å². The third-order valence-electron chi connectivity index (χ3n) is 4.63. The van der Waals surface area contributed by atoms with Crippen molar-refractivity contribution in [2.45, 2.75) is 51.6 Å². The predicted molar refractivity (Wildman–Crippen MR) is 81.8 cm³/mol. The van der Waals surface area contributed by atoms with E-state index >= 15 is 0 Å². The van der Waals surface area contributed by atoms with E-state index in [4.69, 9.17) is 4.74 Å². The number of carbonyl (C=O) groups excluding carboxylic acids is 1. The van der Waals surface area contributed by atoms with Crippen molar-refractivity contribution in [1.82, 2.24) is 0 Å². The Morgan fingerprint density at radius 1 is 1.05 bits per heavy atom. The Bertz CT molecular complexity index is 548. The summed E-state index contributed by atoms with van der Waals surface area (Å²) < 4.78 is 5.50. The molecule has 0 radical (unpaired) electrons. The lowest BCUT2D eigenvalue weighted by Crippen LogP contribution is -2.23. The first-order chi connectivity index (χ1) is 10.2. The van der Waals surface area contributed by atoms with Crippen LogP contribution < -0.4 is 0 Å². The summed E-state index contributed by atoms with van der Waals surface area (Å²) in [7, 11) is 0. The van der Waals surface area contributed by atoms with Crippen LogP contribution in [0.4, 0.5) is 0 Å². The van der Waals surface area contributed by atoms with Gasteiger partial charge in [-0.2, -0.15) is 0 Å². The molecule has 1 atom stereocenters. The second-order valence-electron chi connectivity index (χ2n) is 6.20. The second kappa shape index (κ2) is 5.92. The molecule has 3 rings (SSSR count). The van der Waals surface area contributed by atoms with Gasteiger partial charge >= 0.3 is 5.97 Å². The van der Waals surface area contributed by atoms with Gasteiger partial charge in [0.25, 0.3) is 0 Å². The molecule has 1 aliphatic heterocycles. The molecule has 1 unspecified atom stereocenters. The van der Waals surface area contributed by atoms with Crippen LogP contribution in [-0.2, 0) is 9.53 Å². The lowest BCUT2D eigenvalue weighted by atomic mass is 9.91. The molecule has 1 aliphatic carbocycles. The van der Waals surface area contributed by atoms with Gasteiger partial charge in [-0.05, 0) is 25.3 Å². The van der Waals surface area contributed by atoms with Crippen molar-refractivity contribution in [3.8, 4) is 0 Å². The Morgan fingerprint density at radius 2 is 1.67 bits per heavy atom. The SMILES string of the molecule is Cc1ccc(C2=C(O)C(C3CCCCCC3)OC2=O)cc1. The molecule has 1 saturated carbocycles. The fraction of sp³-hybridized carbons (Fsp3) is 0.500. The maximum atomic E-state index is 12.2. The van der Waals surface area contributed by atoms with E-state index in [0.717, 1.165) is 36.8 Å². The molecule has 1 heterocycles. The zero-order valence-corrected chi connectivity index (χ0v) is 12.5. The highest BCUT2D eigenvalue weighted by Gasteiger charge is 2.39. The minimum Gasteiger partial charge on any atom is -0.507 e. The monoisotopic (exact) mass is 286 g/mol. The van der Waals surface area contributed by atoms with Crippen molar-refractivity contribution in [2.24, 2.45) is 5.92 Å². The summed E-state index contributed by atoms with van der Waals surface area (Å²) >= 11 is 0. The van der Waals surface area contributed by atoms with E-state index in [1.807, 2.05) is 31.2 Å². The average molecular weight is 286 g/mol. The number of cyclic esters (lactones) is 1. The molecule has 0 saturated heterocycles. The molecule has 1 aromatic carbocycles. The van der Waals surface area contributed by atoms with Crippen molar-refractivity contribution in [2.75, 3.05) is 0 Å². The number of benzene rings is 1. The number of rotatable bonds is 2. The summed E-state index contributed by atoms with van der Waals surface area (Å²) in [6, 6.07) is 7.64. The van der Waals surface area contributed by atoms with Crippen molar-refractivity contribution < 1.29 is 14.6 Å². The number of esters is 1. The maximum absolute atomic E-state index is 12.2. The molecule has 3 heteroatoms. The molecule has 1 aromatic rings. The zero-order chi connectivity index (χ0) is 14.8. The number of carbonyl (C=O) groups is 1. The molecule has 21 heavy (non-hydrogen) atoms. The number of aryl methyl sites for hydroxylation is 1. The van der Waals surface area contributed by atoms with Crippen molar-refractivity contribution in [3.63, 3.8) is 0 Å². The van der Waals surface area contributed by atoms with E-state index in [-0.39, 0.29) is 17.6 Å². The first kappa shape index (κ1) is 14.2. The van der Waals surface area contributed by atoms with Gasteiger partial charge in [0.1, 0.15) is 11.3 Å². The molecule has 1 N–H and O–H groups in total. The van der Waals surface area contributed by atoms with Crippen LogP contribution >= 0.6 is 0 Å². The van der Waals surface area contributed by atoms with Gasteiger partial charge in [-0.25, -0.2) is 4.79 Å². The molecule has 3 nitrogen and oxygen atoms in total. The van der Waals surface area contributed by atoms with Gasteiger partial charge in [0.2, 0.25) is 0 Å². The molecule has 2 aliphatic rings. The van der Waals surface area contributed by atoms with Gasteiger partial charge in [0.05, 0.1) is 0 Å². The van der Waals surface area contributed by atoms with Crippen LogP contribution in [0, 0.1) is 12.8 Å². The van der Waals surface area contributed by atoms with Gasteiger partial charge < -0.3 is 9.84 Å². The number of hydrogen-bond donors (Lipinski definition) is 1. The molecule has 0 bridgehead atoms. The summed E-state index contributed by atoms with van der Waals surface area (Å²) in [6.07, 6.45) is 6.43. The van der Waals surface area contributed by atoms with Crippen LogP contribution in [0.25, 0.3) is 5.57 Å². The Labute approximate surface area is 125 Å². The fourth-order valence-corrected chi connectivity index (χ4v) is 3.40. The zero-order valence-electron chi connectivity index (χ0n) is 12.5. The van der Waals surface area contributed by atoms with Crippen LogP contribution in [0.5, 0.6) is 0 Å². The second-order valence-corrected chi connectivity index (χ2v) is 6.20. The highest BCUT2D eigenvalue weighted by atomic mass is 16.6. The van der Waals surface area contributed by atoms with Crippen molar-refractivity contribution >= 4 is 11.5 Å². The molecular formula is C18H22O3. The summed E-state index contributed by atoms with van der Waals surface area (Å²) in [5.41, 5.74) is 2.23. The minimum atomic E-state index is -0.438. The maximum Gasteiger partial charge on any atom is 0.343 e. The molecule has 0 spiro atoms. The topological polar surface area (TPSA) is 46.5 Å². The average Bonchev–Trinajstić information content (AvgIpc) is 2.69. The Kier molecular flexibility index (Phi) is 4.00. The van der Waals surface area contributed by atoms with Crippen LogP contribution in [0.3, 0.4) is 0 Å². The Hall–Kier alpha value is -1.77. The van der Waals surface area contributed by atoms with Gasteiger partial charge in [0.15, 0.2) is 6.10 Å². The van der Waals surface area contributed by atoms with Gasteiger partial charge in [0, 0.05) is 5.92 Å². The van der Waals surface area contributed by atoms with Crippen LogP contribution in [-0.4, -0.2) is 17.2 Å². The van der Waals surface area contributed by atoms with Crippen molar-refractivity contribution in [3.05, 3.63) is 41.2 Å². The van der Waals surface area contributed by atoms with E-state index < -0.39 is 6.10 Å².